The van der Waals surface area contributed by atoms with E-state index in [-0.39, 0.29) is 4.90 Å². The summed E-state index contributed by atoms with van der Waals surface area (Å²) in [5, 5.41) is 7.46. The number of hydrogen-bond acceptors (Lipinski definition) is 2. The molecule has 0 unspecified atom stereocenters. The van der Waals surface area contributed by atoms with E-state index in [9.17, 15) is 8.42 Å². The second-order valence-corrected chi connectivity index (χ2v) is 6.41. The molecule has 0 aliphatic rings. The highest BCUT2D eigenvalue weighted by atomic mass is 32.2. The summed E-state index contributed by atoms with van der Waals surface area (Å²) in [6.07, 6.45) is 5.24. The summed E-state index contributed by atoms with van der Waals surface area (Å²) in [4.78, 5) is 0.260. The molecule has 1 radical (unpaired) electrons. The van der Waals surface area contributed by atoms with E-state index in [1.807, 2.05) is 26.0 Å². The minimum Gasteiger partial charge on any atom is -0.206 e. The zero-order valence-corrected chi connectivity index (χ0v) is 12.9. The molecule has 0 aromatic heterocycles. The first-order valence-electron chi connectivity index (χ1n) is 7.08. The van der Waals surface area contributed by atoms with Gasteiger partial charge >= 0.3 is 0 Å². The van der Waals surface area contributed by atoms with Crippen molar-refractivity contribution in [3.63, 3.8) is 0 Å². The third-order valence-electron chi connectivity index (χ3n) is 3.15. The van der Waals surface area contributed by atoms with Crippen LogP contribution < -0.4 is 5.14 Å². The van der Waals surface area contributed by atoms with Crippen LogP contribution in [0.15, 0.2) is 17.0 Å². The van der Waals surface area contributed by atoms with Crippen molar-refractivity contribution in [2.75, 3.05) is 0 Å². The van der Waals surface area contributed by atoms with E-state index < -0.39 is 10.0 Å². The van der Waals surface area contributed by atoms with Gasteiger partial charge in [-0.25, -0.2) is 8.42 Å². The molecule has 1 aromatic carbocycles. The Labute approximate surface area is 117 Å². The lowest BCUT2D eigenvalue weighted by atomic mass is 9.97. The SMILES string of the molecule is CCCc1cc(CCC)c(S([NH])(=O)=O)c(CCC)c1. The predicted molar refractivity (Wildman–Crippen MR) is 78.7 cm³/mol. The molecule has 0 spiro atoms. The quantitative estimate of drug-likeness (QED) is 0.768. The molecule has 0 bridgehead atoms. The van der Waals surface area contributed by atoms with Crippen molar-refractivity contribution < 1.29 is 8.42 Å². The third-order valence-corrected chi connectivity index (χ3v) is 4.21. The molecule has 0 fully saturated rings. The van der Waals surface area contributed by atoms with Gasteiger partial charge in [-0.3, -0.25) is 0 Å². The summed E-state index contributed by atoms with van der Waals surface area (Å²) < 4.78 is 23.5. The normalized spacial score (nSPS) is 11.8. The van der Waals surface area contributed by atoms with Crippen LogP contribution in [0.25, 0.3) is 0 Å². The molecule has 0 aliphatic heterocycles. The molecule has 107 valence electrons. The molecule has 0 saturated carbocycles. The Morgan fingerprint density at radius 1 is 0.895 bits per heavy atom. The maximum absolute atomic E-state index is 11.8. The predicted octanol–water partition coefficient (Wildman–Crippen LogP) is 3.52. The van der Waals surface area contributed by atoms with Crippen molar-refractivity contribution in [3.8, 4) is 0 Å². The fraction of sp³-hybridized carbons (Fsp3) is 0.600. The lowest BCUT2D eigenvalue weighted by Gasteiger charge is -2.15. The molecule has 1 N–H and O–H groups in total. The van der Waals surface area contributed by atoms with Crippen LogP contribution in [0.3, 0.4) is 0 Å². The first kappa shape index (κ1) is 16.2. The molecule has 0 atom stereocenters. The van der Waals surface area contributed by atoms with E-state index in [0.717, 1.165) is 49.7 Å². The van der Waals surface area contributed by atoms with Gasteiger partial charge in [-0.15, -0.1) is 5.14 Å². The summed E-state index contributed by atoms with van der Waals surface area (Å²) >= 11 is 0. The summed E-state index contributed by atoms with van der Waals surface area (Å²) in [5.74, 6) is 0. The summed E-state index contributed by atoms with van der Waals surface area (Å²) in [5.41, 5.74) is 2.85. The highest BCUT2D eigenvalue weighted by Crippen LogP contribution is 2.26. The summed E-state index contributed by atoms with van der Waals surface area (Å²) in [6.45, 7) is 6.19. The van der Waals surface area contributed by atoms with Crippen LogP contribution in [0.5, 0.6) is 0 Å². The number of sulfonamides is 1. The maximum Gasteiger partial charge on any atom is 0.254 e. The summed E-state index contributed by atoms with van der Waals surface area (Å²) in [7, 11) is -3.89. The molecule has 4 heteroatoms. The van der Waals surface area contributed by atoms with Gasteiger partial charge in [0.05, 0.1) is 4.90 Å². The Balaban J connectivity index is 3.46. The Hall–Kier alpha value is -0.870. The topological polar surface area (TPSA) is 57.9 Å². The monoisotopic (exact) mass is 282 g/mol. The van der Waals surface area contributed by atoms with Crippen molar-refractivity contribution in [1.82, 2.24) is 5.14 Å². The van der Waals surface area contributed by atoms with Gasteiger partial charge in [0.1, 0.15) is 0 Å². The minimum atomic E-state index is -3.89. The van der Waals surface area contributed by atoms with Crippen LogP contribution in [-0.4, -0.2) is 8.42 Å². The van der Waals surface area contributed by atoms with E-state index in [2.05, 4.69) is 6.92 Å². The number of benzene rings is 1. The highest BCUT2D eigenvalue weighted by molar-refractivity contribution is 7.89. The smallest absolute Gasteiger partial charge is 0.206 e. The maximum atomic E-state index is 11.8. The van der Waals surface area contributed by atoms with Crippen molar-refractivity contribution in [2.24, 2.45) is 0 Å². The Bertz CT molecular complexity index is 494. The Morgan fingerprint density at radius 3 is 1.63 bits per heavy atom. The van der Waals surface area contributed by atoms with Gasteiger partial charge in [0.25, 0.3) is 10.0 Å². The first-order chi connectivity index (χ1) is 8.93. The van der Waals surface area contributed by atoms with Crippen molar-refractivity contribution in [3.05, 3.63) is 28.8 Å². The summed E-state index contributed by atoms with van der Waals surface area (Å²) in [6, 6.07) is 3.96. The molecule has 19 heavy (non-hydrogen) atoms. The van der Waals surface area contributed by atoms with Crippen LogP contribution >= 0.6 is 0 Å². The van der Waals surface area contributed by atoms with Crippen LogP contribution in [0.1, 0.15) is 56.7 Å². The molecule has 0 amide bonds. The van der Waals surface area contributed by atoms with Gasteiger partial charge < -0.3 is 0 Å². The van der Waals surface area contributed by atoms with Gasteiger partial charge in [-0.05, 0) is 36.0 Å². The lowest BCUT2D eigenvalue weighted by molar-refractivity contribution is 0.593. The van der Waals surface area contributed by atoms with E-state index in [1.54, 1.807) is 0 Å². The molecule has 0 aliphatic carbocycles. The van der Waals surface area contributed by atoms with Crippen LogP contribution in [0.2, 0.25) is 0 Å². The molecule has 1 aromatic rings. The standard InChI is InChI=1S/C15H24NO2S/c1-4-7-12-10-13(8-5-2)15(19(16,17)18)14(11-12)9-6-3/h10-11,16H,4-9H2,1-3H3. The third kappa shape index (κ3) is 4.32. The molecule has 0 saturated heterocycles. The van der Waals surface area contributed by atoms with Crippen molar-refractivity contribution in [1.29, 1.82) is 0 Å². The number of aryl methyl sites for hydroxylation is 3. The van der Waals surface area contributed by atoms with Crippen LogP contribution in [0, 0.1) is 0 Å². The largest absolute Gasteiger partial charge is 0.254 e. The average molecular weight is 282 g/mol. The van der Waals surface area contributed by atoms with Gasteiger partial charge in [0.2, 0.25) is 0 Å². The number of hydrogen-bond donors (Lipinski definition) is 0. The van der Waals surface area contributed by atoms with E-state index in [0.29, 0.717) is 0 Å². The number of rotatable bonds is 7. The second-order valence-electron chi connectivity index (χ2n) is 5.00. The van der Waals surface area contributed by atoms with Gasteiger partial charge in [-0.2, -0.15) is 0 Å². The fourth-order valence-electron chi connectivity index (χ4n) is 2.51. The fourth-order valence-corrected chi connectivity index (χ4v) is 3.53. The lowest BCUT2D eigenvalue weighted by Crippen LogP contribution is -2.10. The Morgan fingerprint density at radius 2 is 1.32 bits per heavy atom. The number of nitrogens with one attached hydrogen (secondary N) is 1. The molecular formula is C15H24NO2S. The van der Waals surface area contributed by atoms with E-state index >= 15 is 0 Å². The average Bonchev–Trinajstić information content (AvgIpc) is 2.28. The first-order valence-corrected chi connectivity index (χ1v) is 8.56. The van der Waals surface area contributed by atoms with Crippen molar-refractivity contribution in [2.45, 2.75) is 64.2 Å². The van der Waals surface area contributed by atoms with Crippen molar-refractivity contribution >= 4 is 10.0 Å². The highest BCUT2D eigenvalue weighted by Gasteiger charge is 2.20. The van der Waals surface area contributed by atoms with Crippen LogP contribution in [-0.2, 0) is 29.3 Å². The molecule has 3 nitrogen and oxygen atoms in total. The van der Waals surface area contributed by atoms with E-state index in [1.165, 1.54) is 5.56 Å². The zero-order valence-electron chi connectivity index (χ0n) is 12.1. The van der Waals surface area contributed by atoms with Gasteiger partial charge in [-0.1, -0.05) is 52.2 Å². The minimum absolute atomic E-state index is 0.260. The second kappa shape index (κ2) is 7.06. The molecule has 1 rings (SSSR count). The van der Waals surface area contributed by atoms with Gasteiger partial charge in [0.15, 0.2) is 0 Å². The van der Waals surface area contributed by atoms with E-state index in [4.69, 9.17) is 5.14 Å². The zero-order chi connectivity index (χ0) is 14.5. The van der Waals surface area contributed by atoms with Crippen LogP contribution in [0.4, 0.5) is 0 Å². The van der Waals surface area contributed by atoms with Gasteiger partial charge in [0, 0.05) is 0 Å². The molecular weight excluding hydrogens is 258 g/mol. The Kier molecular flexibility index (Phi) is 6.01. The molecule has 0 heterocycles.